The number of anilines is 1. The second-order valence-corrected chi connectivity index (χ2v) is 9.33. The zero-order chi connectivity index (χ0) is 20.8. The molecule has 1 heterocycles. The highest BCUT2D eigenvalue weighted by atomic mass is 127. The maximum atomic E-state index is 10.6. The van der Waals surface area contributed by atoms with Gasteiger partial charge >= 0.3 is 0 Å². The predicted molar refractivity (Wildman–Crippen MR) is 137 cm³/mol. The van der Waals surface area contributed by atoms with Crippen LogP contribution in [0, 0.1) is 20.8 Å². The Kier molecular flexibility index (Phi) is 7.99. The number of rotatable bonds is 7. The molecule has 0 radical (unpaired) electrons. The van der Waals surface area contributed by atoms with Crippen LogP contribution in [0.15, 0.2) is 59.8 Å². The summed E-state index contributed by atoms with van der Waals surface area (Å²) in [6.07, 6.45) is 2.85. The first-order chi connectivity index (χ1) is 13.9. The molecular weight excluding hydrogens is 713 g/mol. The fourth-order valence-electron chi connectivity index (χ4n) is 2.26. The van der Waals surface area contributed by atoms with Gasteiger partial charge in [0.1, 0.15) is 24.4 Å². The van der Waals surface area contributed by atoms with Gasteiger partial charge in [-0.05, 0) is 109 Å². The van der Waals surface area contributed by atoms with Crippen molar-refractivity contribution < 1.29 is 9.66 Å². The van der Waals surface area contributed by atoms with E-state index in [1.807, 2.05) is 12.1 Å². The van der Waals surface area contributed by atoms with E-state index in [2.05, 4.69) is 108 Å². The third kappa shape index (κ3) is 6.47. The highest BCUT2D eigenvalue weighted by molar-refractivity contribution is 14.1. The summed E-state index contributed by atoms with van der Waals surface area (Å²) in [6, 6.07) is 15.0. The van der Waals surface area contributed by atoms with E-state index >= 15 is 0 Å². The van der Waals surface area contributed by atoms with E-state index in [0.717, 1.165) is 24.0 Å². The minimum Gasteiger partial charge on any atom is -0.487 e. The SMILES string of the molecule is O=[N+]([O-])c1ccc(N/N=C/c2cc(I)c(OCc3ccc(I)cc3)c(I)c2)nc1. The van der Waals surface area contributed by atoms with Crippen LogP contribution in [0.25, 0.3) is 0 Å². The fraction of sp³-hybridized carbons (Fsp3) is 0.0526. The van der Waals surface area contributed by atoms with Gasteiger partial charge in [-0.1, -0.05) is 12.1 Å². The Morgan fingerprint density at radius 1 is 1.10 bits per heavy atom. The Hall–Kier alpha value is -1.55. The number of nitro groups is 1. The maximum absolute atomic E-state index is 10.6. The molecule has 0 aliphatic heterocycles. The molecule has 148 valence electrons. The number of hydrogen-bond acceptors (Lipinski definition) is 6. The topological polar surface area (TPSA) is 89.7 Å². The molecule has 0 spiro atoms. The van der Waals surface area contributed by atoms with E-state index < -0.39 is 4.92 Å². The minimum atomic E-state index is -0.494. The molecule has 0 aliphatic rings. The molecule has 2 aromatic carbocycles. The first kappa shape index (κ1) is 22.1. The Labute approximate surface area is 207 Å². The molecule has 0 fully saturated rings. The number of aromatic nitrogens is 1. The lowest BCUT2D eigenvalue weighted by Gasteiger charge is -2.11. The molecule has 7 nitrogen and oxygen atoms in total. The van der Waals surface area contributed by atoms with E-state index in [4.69, 9.17) is 4.74 Å². The Morgan fingerprint density at radius 3 is 2.38 bits per heavy atom. The Morgan fingerprint density at radius 2 is 1.79 bits per heavy atom. The molecule has 29 heavy (non-hydrogen) atoms. The van der Waals surface area contributed by atoms with Crippen molar-refractivity contribution in [2.24, 2.45) is 5.10 Å². The molecule has 3 rings (SSSR count). The predicted octanol–water partition coefficient (Wildman–Crippen LogP) is 5.83. The van der Waals surface area contributed by atoms with Crippen molar-refractivity contribution in [2.45, 2.75) is 6.61 Å². The van der Waals surface area contributed by atoms with Crippen molar-refractivity contribution >= 4 is 85.5 Å². The van der Waals surface area contributed by atoms with Crippen molar-refractivity contribution in [1.82, 2.24) is 4.98 Å². The van der Waals surface area contributed by atoms with Crippen LogP contribution < -0.4 is 10.2 Å². The molecule has 1 aromatic heterocycles. The average molecular weight is 726 g/mol. The van der Waals surface area contributed by atoms with Crippen LogP contribution in [0.5, 0.6) is 5.75 Å². The lowest BCUT2D eigenvalue weighted by Crippen LogP contribution is -2.00. The van der Waals surface area contributed by atoms with Gasteiger partial charge in [-0.2, -0.15) is 5.10 Å². The number of ether oxygens (including phenoxy) is 1. The third-order valence-corrected chi connectivity index (χ3v) is 5.99. The van der Waals surface area contributed by atoms with E-state index in [1.165, 1.54) is 21.9 Å². The van der Waals surface area contributed by atoms with Gasteiger partial charge in [-0.25, -0.2) is 4.98 Å². The number of nitrogens with zero attached hydrogens (tertiary/aromatic N) is 3. The first-order valence-electron chi connectivity index (χ1n) is 8.18. The first-order valence-corrected chi connectivity index (χ1v) is 11.4. The van der Waals surface area contributed by atoms with Crippen molar-refractivity contribution in [1.29, 1.82) is 0 Å². The van der Waals surface area contributed by atoms with Gasteiger partial charge in [0.2, 0.25) is 0 Å². The summed E-state index contributed by atoms with van der Waals surface area (Å²) in [4.78, 5) is 14.1. The summed E-state index contributed by atoms with van der Waals surface area (Å²) >= 11 is 6.76. The van der Waals surface area contributed by atoms with Crippen LogP contribution in [-0.2, 0) is 6.61 Å². The quantitative estimate of drug-likeness (QED) is 0.143. The second kappa shape index (κ2) is 10.5. The summed E-state index contributed by atoms with van der Waals surface area (Å²) in [5, 5.41) is 14.8. The zero-order valence-corrected chi connectivity index (χ0v) is 21.2. The van der Waals surface area contributed by atoms with Crippen molar-refractivity contribution in [2.75, 3.05) is 5.43 Å². The largest absolute Gasteiger partial charge is 0.487 e. The standard InChI is InChI=1S/C19H13I3N4O3/c20-14-3-1-12(2-4-14)11-29-19-16(21)7-13(8-17(19)22)9-24-25-18-6-5-15(10-23-18)26(27)28/h1-10H,11H2,(H,23,25)/b24-9+. The van der Waals surface area contributed by atoms with E-state index in [0.29, 0.717) is 12.4 Å². The van der Waals surface area contributed by atoms with Gasteiger partial charge < -0.3 is 4.74 Å². The average Bonchev–Trinajstić information content (AvgIpc) is 2.69. The van der Waals surface area contributed by atoms with Crippen molar-refractivity contribution in [3.8, 4) is 5.75 Å². The molecule has 0 unspecified atom stereocenters. The van der Waals surface area contributed by atoms with Gasteiger partial charge in [0.05, 0.1) is 18.3 Å². The van der Waals surface area contributed by atoms with Gasteiger partial charge in [-0.15, -0.1) is 0 Å². The highest BCUT2D eigenvalue weighted by Crippen LogP contribution is 2.29. The van der Waals surface area contributed by atoms with Crippen molar-refractivity contribution in [3.63, 3.8) is 0 Å². The minimum absolute atomic E-state index is 0.0653. The van der Waals surface area contributed by atoms with Crippen LogP contribution in [0.2, 0.25) is 0 Å². The summed E-state index contributed by atoms with van der Waals surface area (Å²) < 4.78 is 9.16. The number of hydrogen-bond donors (Lipinski definition) is 1. The molecule has 0 saturated carbocycles. The van der Waals surface area contributed by atoms with E-state index in [9.17, 15) is 10.1 Å². The van der Waals surface area contributed by atoms with Crippen LogP contribution in [0.1, 0.15) is 11.1 Å². The van der Waals surface area contributed by atoms with Gasteiger partial charge in [0, 0.05) is 9.64 Å². The number of halogens is 3. The monoisotopic (exact) mass is 726 g/mol. The molecule has 10 heteroatoms. The summed E-state index contributed by atoms with van der Waals surface area (Å²) in [5.41, 5.74) is 4.71. The molecule has 0 aliphatic carbocycles. The molecule has 0 bridgehead atoms. The molecule has 3 aromatic rings. The fourth-order valence-corrected chi connectivity index (χ4v) is 4.75. The lowest BCUT2D eigenvalue weighted by atomic mass is 10.2. The molecule has 0 atom stereocenters. The number of nitrogens with one attached hydrogen (secondary N) is 1. The summed E-state index contributed by atoms with van der Waals surface area (Å²) in [6.45, 7) is 0.504. The van der Waals surface area contributed by atoms with Crippen LogP contribution in [0.4, 0.5) is 11.5 Å². The van der Waals surface area contributed by atoms with E-state index in [-0.39, 0.29) is 5.69 Å². The van der Waals surface area contributed by atoms with Crippen LogP contribution in [-0.4, -0.2) is 16.1 Å². The Bertz CT molecular complexity index is 1020. The number of hydrazone groups is 1. The van der Waals surface area contributed by atoms with Crippen molar-refractivity contribution in [3.05, 3.63) is 86.7 Å². The van der Waals surface area contributed by atoms with Gasteiger partial charge in [-0.3, -0.25) is 15.5 Å². The zero-order valence-electron chi connectivity index (χ0n) is 14.7. The molecule has 0 amide bonds. The molecular formula is C19H13I3N4O3. The molecule has 0 saturated heterocycles. The van der Waals surface area contributed by atoms with Gasteiger partial charge in [0.15, 0.2) is 0 Å². The third-order valence-electron chi connectivity index (χ3n) is 3.67. The Balaban J connectivity index is 1.64. The smallest absolute Gasteiger partial charge is 0.287 e. The molecule has 1 N–H and O–H groups in total. The highest BCUT2D eigenvalue weighted by Gasteiger charge is 2.09. The number of pyridine rings is 1. The van der Waals surface area contributed by atoms with Crippen LogP contribution >= 0.6 is 67.8 Å². The lowest BCUT2D eigenvalue weighted by molar-refractivity contribution is -0.385. The van der Waals surface area contributed by atoms with Crippen LogP contribution in [0.3, 0.4) is 0 Å². The van der Waals surface area contributed by atoms with E-state index in [1.54, 1.807) is 6.21 Å². The normalized spacial score (nSPS) is 10.9. The maximum Gasteiger partial charge on any atom is 0.287 e. The number of benzene rings is 2. The summed E-state index contributed by atoms with van der Waals surface area (Å²) in [7, 11) is 0. The summed E-state index contributed by atoms with van der Waals surface area (Å²) in [5.74, 6) is 1.26. The van der Waals surface area contributed by atoms with Gasteiger partial charge in [0.25, 0.3) is 5.69 Å². The second-order valence-electron chi connectivity index (χ2n) is 5.76.